The van der Waals surface area contributed by atoms with Crippen LogP contribution in [0.15, 0.2) is 12.1 Å². The molecule has 6 heteroatoms. The molecule has 1 aromatic carbocycles. The van der Waals surface area contributed by atoms with Crippen LogP contribution < -0.4 is 9.47 Å². The highest BCUT2D eigenvalue weighted by Crippen LogP contribution is 2.37. The highest BCUT2D eigenvalue weighted by atomic mass is 35.7. The molecule has 0 radical (unpaired) electrons. The van der Waals surface area contributed by atoms with Crippen LogP contribution in [0.4, 0.5) is 0 Å². The summed E-state index contributed by atoms with van der Waals surface area (Å²) in [6.07, 6.45) is 0. The van der Waals surface area contributed by atoms with Crippen molar-refractivity contribution in [3.8, 4) is 11.5 Å². The molecule has 0 saturated heterocycles. The van der Waals surface area contributed by atoms with E-state index in [1.165, 1.54) is 0 Å². The maximum Gasteiger partial charge on any atom is 0.236 e. The van der Waals surface area contributed by atoms with Crippen molar-refractivity contribution in [3.05, 3.63) is 23.3 Å². The van der Waals surface area contributed by atoms with E-state index < -0.39 is 9.05 Å². The van der Waals surface area contributed by atoms with E-state index in [0.717, 1.165) is 5.56 Å². The van der Waals surface area contributed by atoms with Gasteiger partial charge in [-0.25, -0.2) is 8.42 Å². The van der Waals surface area contributed by atoms with Gasteiger partial charge in [0.05, 0.1) is 5.75 Å². The molecule has 0 saturated carbocycles. The quantitative estimate of drug-likeness (QED) is 0.749. The summed E-state index contributed by atoms with van der Waals surface area (Å²) in [5.74, 6) is 1.05. The lowest BCUT2D eigenvalue weighted by atomic mass is 10.1. The van der Waals surface area contributed by atoms with Crippen molar-refractivity contribution >= 4 is 19.7 Å². The van der Waals surface area contributed by atoms with Crippen LogP contribution >= 0.6 is 10.7 Å². The van der Waals surface area contributed by atoms with Crippen molar-refractivity contribution in [1.82, 2.24) is 0 Å². The minimum Gasteiger partial charge on any atom is -0.454 e. The Hall–Kier alpha value is -0.940. The summed E-state index contributed by atoms with van der Waals surface area (Å²) in [4.78, 5) is 0. The molecule has 2 rings (SSSR count). The number of hydrogen-bond donors (Lipinski definition) is 0. The van der Waals surface area contributed by atoms with Crippen LogP contribution in [0.1, 0.15) is 11.1 Å². The van der Waals surface area contributed by atoms with Gasteiger partial charge in [-0.05, 0) is 24.1 Å². The summed E-state index contributed by atoms with van der Waals surface area (Å²) >= 11 is 0. The van der Waals surface area contributed by atoms with Gasteiger partial charge >= 0.3 is 0 Å². The zero-order valence-corrected chi connectivity index (χ0v) is 9.56. The molecule has 0 amide bonds. The highest BCUT2D eigenvalue weighted by Gasteiger charge is 2.20. The van der Waals surface area contributed by atoms with Gasteiger partial charge in [0, 0.05) is 10.7 Å². The number of fused-ring (bicyclic) bond motifs is 1. The van der Waals surface area contributed by atoms with Gasteiger partial charge < -0.3 is 9.47 Å². The fourth-order valence-corrected chi connectivity index (χ4v) is 2.53. The molecule has 0 fully saturated rings. The Morgan fingerprint density at radius 2 is 2.13 bits per heavy atom. The Morgan fingerprint density at radius 3 is 2.80 bits per heavy atom. The number of benzene rings is 1. The van der Waals surface area contributed by atoms with E-state index in [0.29, 0.717) is 17.1 Å². The molecule has 0 spiro atoms. The fraction of sp³-hybridized carbons (Fsp3) is 0.333. The Labute approximate surface area is 92.2 Å². The van der Waals surface area contributed by atoms with Crippen molar-refractivity contribution in [3.63, 3.8) is 0 Å². The van der Waals surface area contributed by atoms with Crippen molar-refractivity contribution in [2.45, 2.75) is 12.7 Å². The third-order valence-corrected chi connectivity index (χ3v) is 3.21. The average molecular weight is 249 g/mol. The molecular formula is C9H9ClO4S. The van der Waals surface area contributed by atoms with Crippen LogP contribution in [0, 0.1) is 6.92 Å². The topological polar surface area (TPSA) is 52.6 Å². The molecule has 1 aliphatic rings. The second-order valence-electron chi connectivity index (χ2n) is 3.27. The van der Waals surface area contributed by atoms with Crippen molar-refractivity contribution < 1.29 is 17.9 Å². The molecule has 15 heavy (non-hydrogen) atoms. The molecule has 1 heterocycles. The maximum atomic E-state index is 10.9. The Bertz CT molecular complexity index is 495. The Morgan fingerprint density at radius 1 is 1.40 bits per heavy atom. The summed E-state index contributed by atoms with van der Waals surface area (Å²) < 4.78 is 32.3. The number of rotatable bonds is 2. The van der Waals surface area contributed by atoms with Gasteiger partial charge in [-0.3, -0.25) is 0 Å². The molecule has 82 valence electrons. The number of ether oxygens (including phenoxy) is 2. The largest absolute Gasteiger partial charge is 0.454 e. The van der Waals surface area contributed by atoms with E-state index in [4.69, 9.17) is 20.2 Å². The van der Waals surface area contributed by atoms with Crippen LogP contribution in [0.25, 0.3) is 0 Å². The first-order valence-electron chi connectivity index (χ1n) is 4.28. The third-order valence-electron chi connectivity index (χ3n) is 2.23. The van der Waals surface area contributed by atoms with E-state index in [1.807, 2.05) is 0 Å². The zero-order valence-electron chi connectivity index (χ0n) is 7.99. The average Bonchev–Trinajstić information content (AvgIpc) is 2.56. The molecule has 1 aliphatic heterocycles. The van der Waals surface area contributed by atoms with Crippen LogP contribution in [0.3, 0.4) is 0 Å². The van der Waals surface area contributed by atoms with E-state index in [1.54, 1.807) is 19.1 Å². The van der Waals surface area contributed by atoms with E-state index in [-0.39, 0.29) is 12.5 Å². The summed E-state index contributed by atoms with van der Waals surface area (Å²) in [6, 6.07) is 3.37. The number of hydrogen-bond acceptors (Lipinski definition) is 4. The van der Waals surface area contributed by atoms with Crippen LogP contribution in [-0.4, -0.2) is 15.2 Å². The molecule has 4 nitrogen and oxygen atoms in total. The van der Waals surface area contributed by atoms with E-state index in [9.17, 15) is 8.42 Å². The molecule has 0 unspecified atom stereocenters. The summed E-state index contributed by atoms with van der Waals surface area (Å²) in [6.45, 7) is 1.96. The second kappa shape index (κ2) is 3.57. The second-order valence-corrected chi connectivity index (χ2v) is 6.04. The van der Waals surface area contributed by atoms with Gasteiger partial charge in [0.15, 0.2) is 11.5 Å². The third kappa shape index (κ3) is 2.18. The zero-order chi connectivity index (χ0) is 11.1. The van der Waals surface area contributed by atoms with E-state index in [2.05, 4.69) is 0 Å². The first-order chi connectivity index (χ1) is 6.97. The van der Waals surface area contributed by atoms with Crippen LogP contribution in [0.5, 0.6) is 11.5 Å². The van der Waals surface area contributed by atoms with Gasteiger partial charge in [-0.2, -0.15) is 0 Å². The lowest BCUT2D eigenvalue weighted by Crippen LogP contribution is -1.98. The van der Waals surface area contributed by atoms with Gasteiger partial charge in [0.25, 0.3) is 0 Å². The van der Waals surface area contributed by atoms with E-state index >= 15 is 0 Å². The molecule has 0 N–H and O–H groups in total. The standard InChI is InChI=1S/C9H9ClO4S/c1-6-7(4-15(10,11)12)2-3-8-9(6)14-5-13-8/h2-3H,4-5H2,1H3. The van der Waals surface area contributed by atoms with Gasteiger partial charge in [-0.1, -0.05) is 6.07 Å². The van der Waals surface area contributed by atoms with Gasteiger partial charge in [-0.15, -0.1) is 0 Å². The van der Waals surface area contributed by atoms with Crippen molar-refractivity contribution in [2.24, 2.45) is 0 Å². The normalized spacial score (nSPS) is 14.3. The summed E-state index contributed by atoms with van der Waals surface area (Å²) in [5, 5.41) is 0. The summed E-state index contributed by atoms with van der Waals surface area (Å²) in [7, 11) is 1.65. The highest BCUT2D eigenvalue weighted by molar-refractivity contribution is 8.13. The smallest absolute Gasteiger partial charge is 0.236 e. The summed E-state index contributed by atoms with van der Waals surface area (Å²) in [5.41, 5.74) is 1.39. The SMILES string of the molecule is Cc1c(CS(=O)(=O)Cl)ccc2c1OCO2. The first-order valence-corrected chi connectivity index (χ1v) is 6.75. The minimum atomic E-state index is -3.54. The lowest BCUT2D eigenvalue weighted by molar-refractivity contribution is 0.173. The molecule has 0 aliphatic carbocycles. The molecular weight excluding hydrogens is 240 g/mol. The number of halogens is 1. The molecule has 0 aromatic heterocycles. The van der Waals surface area contributed by atoms with Crippen LogP contribution in [-0.2, 0) is 14.8 Å². The molecule has 0 atom stereocenters. The Kier molecular flexibility index (Phi) is 2.52. The minimum absolute atomic E-state index is 0.174. The lowest BCUT2D eigenvalue weighted by Gasteiger charge is -2.06. The Balaban J connectivity index is 2.43. The fourth-order valence-electron chi connectivity index (χ4n) is 1.49. The monoisotopic (exact) mass is 248 g/mol. The van der Waals surface area contributed by atoms with Crippen LogP contribution in [0.2, 0.25) is 0 Å². The first kappa shape index (κ1) is 10.6. The molecule has 0 bridgehead atoms. The van der Waals surface area contributed by atoms with Gasteiger partial charge in [0.1, 0.15) is 0 Å². The van der Waals surface area contributed by atoms with Crippen molar-refractivity contribution in [1.29, 1.82) is 0 Å². The van der Waals surface area contributed by atoms with Gasteiger partial charge in [0.2, 0.25) is 15.8 Å². The predicted molar refractivity (Wildman–Crippen MR) is 55.8 cm³/mol. The predicted octanol–water partition coefficient (Wildman–Crippen LogP) is 1.79. The van der Waals surface area contributed by atoms with Crippen molar-refractivity contribution in [2.75, 3.05) is 6.79 Å². The maximum absolute atomic E-state index is 10.9. The molecule has 1 aromatic rings.